The minimum absolute atomic E-state index is 0.334. The fourth-order valence-electron chi connectivity index (χ4n) is 1.56. The van der Waals surface area contributed by atoms with Gasteiger partial charge in [0.15, 0.2) is 17.5 Å². The quantitative estimate of drug-likeness (QED) is 0.626. The molecule has 0 fully saturated rings. The Bertz CT molecular complexity index is 753. The van der Waals surface area contributed by atoms with Crippen molar-refractivity contribution in [2.24, 2.45) is 0 Å². The summed E-state index contributed by atoms with van der Waals surface area (Å²) < 4.78 is 39.9. The van der Waals surface area contributed by atoms with E-state index in [1.807, 2.05) is 5.32 Å². The molecule has 114 valence electrons. The summed E-state index contributed by atoms with van der Waals surface area (Å²) in [5, 5.41) is 4.15. The molecule has 0 heterocycles. The van der Waals surface area contributed by atoms with Gasteiger partial charge in [-0.05, 0) is 30.3 Å². The molecule has 0 saturated heterocycles. The van der Waals surface area contributed by atoms with Gasteiger partial charge in [0.25, 0.3) is 0 Å². The summed E-state index contributed by atoms with van der Waals surface area (Å²) in [6.45, 7) is 0. The van der Waals surface area contributed by atoms with Gasteiger partial charge in [0.05, 0.1) is 5.69 Å². The molecule has 0 saturated carbocycles. The number of amides is 2. The van der Waals surface area contributed by atoms with Crippen molar-refractivity contribution in [2.75, 3.05) is 10.6 Å². The molecular formula is C14H8BrF3N2O2. The molecule has 0 unspecified atom stereocenters. The fraction of sp³-hybridized carbons (Fsp3) is 0. The third-order valence-corrected chi connectivity index (χ3v) is 3.07. The molecule has 0 bridgehead atoms. The second-order valence-corrected chi connectivity index (χ2v) is 5.06. The van der Waals surface area contributed by atoms with Gasteiger partial charge in [0.1, 0.15) is 0 Å². The molecule has 0 spiro atoms. The Hall–Kier alpha value is -2.35. The molecule has 2 aromatic carbocycles. The van der Waals surface area contributed by atoms with Crippen molar-refractivity contribution >= 4 is 39.1 Å². The van der Waals surface area contributed by atoms with E-state index in [-0.39, 0.29) is 0 Å². The van der Waals surface area contributed by atoms with Gasteiger partial charge in [0, 0.05) is 10.2 Å². The molecule has 2 N–H and O–H groups in total. The lowest BCUT2D eigenvalue weighted by Crippen LogP contribution is -2.29. The Morgan fingerprint density at radius 1 is 0.909 bits per heavy atom. The van der Waals surface area contributed by atoms with Crippen molar-refractivity contribution in [3.8, 4) is 0 Å². The first-order valence-electron chi connectivity index (χ1n) is 5.90. The smallest absolute Gasteiger partial charge is 0.314 e. The largest absolute Gasteiger partial charge is 0.318 e. The summed E-state index contributed by atoms with van der Waals surface area (Å²) in [5.74, 6) is -7.00. The van der Waals surface area contributed by atoms with Crippen LogP contribution in [0.1, 0.15) is 0 Å². The van der Waals surface area contributed by atoms with Crippen LogP contribution in [-0.4, -0.2) is 11.8 Å². The number of benzene rings is 2. The summed E-state index contributed by atoms with van der Waals surface area (Å²) in [7, 11) is 0. The standard InChI is InChI=1S/C14H8BrF3N2O2/c15-7-2-1-3-8(6-7)19-13(21)14(22)20-10-5-4-9(16)11(17)12(10)18/h1-6H,(H,19,21)(H,20,22). The van der Waals surface area contributed by atoms with Gasteiger partial charge in [-0.2, -0.15) is 0 Å². The van der Waals surface area contributed by atoms with E-state index in [0.717, 1.165) is 6.07 Å². The van der Waals surface area contributed by atoms with Crippen molar-refractivity contribution < 1.29 is 22.8 Å². The molecule has 0 aliphatic rings. The Morgan fingerprint density at radius 2 is 1.59 bits per heavy atom. The maximum absolute atomic E-state index is 13.4. The third kappa shape index (κ3) is 3.64. The van der Waals surface area contributed by atoms with Gasteiger partial charge in [-0.15, -0.1) is 0 Å². The van der Waals surface area contributed by atoms with Crippen LogP contribution in [0.4, 0.5) is 24.5 Å². The first kappa shape index (κ1) is 16.0. The average Bonchev–Trinajstić information content (AvgIpc) is 2.47. The molecule has 0 atom stereocenters. The van der Waals surface area contributed by atoms with Gasteiger partial charge >= 0.3 is 11.8 Å². The minimum atomic E-state index is -1.73. The van der Waals surface area contributed by atoms with Crippen LogP contribution in [0.25, 0.3) is 0 Å². The molecular weight excluding hydrogens is 365 g/mol. The van der Waals surface area contributed by atoms with E-state index in [0.29, 0.717) is 16.2 Å². The van der Waals surface area contributed by atoms with Gasteiger partial charge in [-0.3, -0.25) is 9.59 Å². The van der Waals surface area contributed by atoms with Crippen molar-refractivity contribution in [1.29, 1.82) is 0 Å². The lowest BCUT2D eigenvalue weighted by atomic mass is 10.2. The molecule has 0 aliphatic carbocycles. The fourth-order valence-corrected chi connectivity index (χ4v) is 1.95. The summed E-state index contributed by atoms with van der Waals surface area (Å²) >= 11 is 3.19. The Morgan fingerprint density at radius 3 is 2.27 bits per heavy atom. The number of hydrogen-bond donors (Lipinski definition) is 2. The zero-order valence-electron chi connectivity index (χ0n) is 10.8. The van der Waals surface area contributed by atoms with E-state index in [1.54, 1.807) is 18.2 Å². The van der Waals surface area contributed by atoms with Crippen LogP contribution < -0.4 is 10.6 Å². The Labute approximate surface area is 131 Å². The van der Waals surface area contributed by atoms with Gasteiger partial charge in [-0.1, -0.05) is 22.0 Å². The van der Waals surface area contributed by atoms with Crippen LogP contribution in [0.2, 0.25) is 0 Å². The zero-order chi connectivity index (χ0) is 16.3. The molecule has 0 radical (unpaired) electrons. The van der Waals surface area contributed by atoms with Crippen LogP contribution in [0.15, 0.2) is 40.9 Å². The predicted molar refractivity (Wildman–Crippen MR) is 77.7 cm³/mol. The maximum atomic E-state index is 13.4. The van der Waals surface area contributed by atoms with Crippen molar-refractivity contribution in [3.05, 3.63) is 58.3 Å². The Kier molecular flexibility index (Phi) is 4.81. The SMILES string of the molecule is O=C(Nc1cccc(Br)c1)C(=O)Nc1ccc(F)c(F)c1F. The predicted octanol–water partition coefficient (Wildman–Crippen LogP) is 3.44. The number of rotatable bonds is 2. The number of halogens is 4. The average molecular weight is 373 g/mol. The molecule has 2 rings (SSSR count). The maximum Gasteiger partial charge on any atom is 0.314 e. The number of carbonyl (C=O) groups excluding carboxylic acids is 2. The van der Waals surface area contributed by atoms with Crippen molar-refractivity contribution in [1.82, 2.24) is 0 Å². The highest BCUT2D eigenvalue weighted by atomic mass is 79.9. The molecule has 0 aliphatic heterocycles. The molecule has 2 amide bonds. The van der Waals surface area contributed by atoms with Crippen LogP contribution in [-0.2, 0) is 9.59 Å². The lowest BCUT2D eigenvalue weighted by Gasteiger charge is -2.08. The number of nitrogens with one attached hydrogen (secondary N) is 2. The second kappa shape index (κ2) is 6.61. The van der Waals surface area contributed by atoms with E-state index in [4.69, 9.17) is 0 Å². The van der Waals surface area contributed by atoms with Gasteiger partial charge in [0.2, 0.25) is 0 Å². The number of hydrogen-bond acceptors (Lipinski definition) is 2. The third-order valence-electron chi connectivity index (χ3n) is 2.57. The van der Waals surface area contributed by atoms with Crippen LogP contribution in [0, 0.1) is 17.5 Å². The minimum Gasteiger partial charge on any atom is -0.318 e. The number of carbonyl (C=O) groups is 2. The van der Waals surface area contributed by atoms with Crippen LogP contribution in [0.5, 0.6) is 0 Å². The molecule has 8 heteroatoms. The molecule has 22 heavy (non-hydrogen) atoms. The molecule has 0 aromatic heterocycles. The van der Waals surface area contributed by atoms with Gasteiger partial charge in [-0.25, -0.2) is 13.2 Å². The van der Waals surface area contributed by atoms with E-state index in [2.05, 4.69) is 21.2 Å². The first-order chi connectivity index (χ1) is 10.4. The zero-order valence-corrected chi connectivity index (χ0v) is 12.4. The second-order valence-electron chi connectivity index (χ2n) is 4.14. The highest BCUT2D eigenvalue weighted by Gasteiger charge is 2.19. The van der Waals surface area contributed by atoms with Crippen LogP contribution in [0.3, 0.4) is 0 Å². The van der Waals surface area contributed by atoms with E-state index in [9.17, 15) is 22.8 Å². The Balaban J connectivity index is 2.09. The summed E-state index contributed by atoms with van der Waals surface area (Å²) in [4.78, 5) is 23.3. The normalized spacial score (nSPS) is 10.2. The van der Waals surface area contributed by atoms with E-state index < -0.39 is 35.0 Å². The van der Waals surface area contributed by atoms with Crippen molar-refractivity contribution in [2.45, 2.75) is 0 Å². The lowest BCUT2D eigenvalue weighted by molar-refractivity contribution is -0.133. The van der Waals surface area contributed by atoms with E-state index >= 15 is 0 Å². The molecule has 4 nitrogen and oxygen atoms in total. The monoisotopic (exact) mass is 372 g/mol. The summed E-state index contributed by atoms with van der Waals surface area (Å²) in [6, 6.07) is 7.88. The van der Waals surface area contributed by atoms with Crippen molar-refractivity contribution in [3.63, 3.8) is 0 Å². The highest BCUT2D eigenvalue weighted by Crippen LogP contribution is 2.20. The van der Waals surface area contributed by atoms with Crippen LogP contribution >= 0.6 is 15.9 Å². The summed E-state index contributed by atoms with van der Waals surface area (Å²) in [6.07, 6.45) is 0. The first-order valence-corrected chi connectivity index (χ1v) is 6.69. The molecule has 2 aromatic rings. The number of anilines is 2. The summed E-state index contributed by atoms with van der Waals surface area (Å²) in [5.41, 5.74) is -0.298. The highest BCUT2D eigenvalue weighted by molar-refractivity contribution is 9.10. The van der Waals surface area contributed by atoms with Gasteiger partial charge < -0.3 is 10.6 Å². The van der Waals surface area contributed by atoms with E-state index in [1.165, 1.54) is 6.07 Å². The topological polar surface area (TPSA) is 58.2 Å².